The lowest BCUT2D eigenvalue weighted by atomic mass is 10.1. The van der Waals surface area contributed by atoms with Gasteiger partial charge in [-0.3, -0.25) is 4.98 Å². The van der Waals surface area contributed by atoms with Crippen LogP contribution in [0.4, 0.5) is 5.69 Å². The molecule has 1 aliphatic heterocycles. The highest BCUT2D eigenvalue weighted by molar-refractivity contribution is 9.10. The Balaban J connectivity index is 2.32. The van der Waals surface area contributed by atoms with Gasteiger partial charge in [-0.05, 0) is 48.2 Å². The van der Waals surface area contributed by atoms with E-state index < -0.39 is 0 Å². The molecule has 82 valence electrons. The Kier molecular flexibility index (Phi) is 3.29. The topological polar surface area (TPSA) is 16.1 Å². The van der Waals surface area contributed by atoms with Crippen molar-refractivity contribution in [2.75, 3.05) is 4.90 Å². The number of aromatic nitrogens is 1. The van der Waals surface area contributed by atoms with Crippen LogP contribution in [0.5, 0.6) is 0 Å². The van der Waals surface area contributed by atoms with Crippen LogP contribution in [-0.4, -0.2) is 17.1 Å². The fourth-order valence-corrected chi connectivity index (χ4v) is 2.94. The average Bonchev–Trinajstić information content (AvgIpc) is 2.60. The van der Waals surface area contributed by atoms with Gasteiger partial charge in [0.05, 0.1) is 10.2 Å². The summed E-state index contributed by atoms with van der Waals surface area (Å²) in [6.07, 6.45) is 7.59. The monoisotopic (exact) mass is 268 g/mol. The maximum absolute atomic E-state index is 4.12. The first-order valence-electron chi connectivity index (χ1n) is 5.62. The van der Waals surface area contributed by atoms with Crippen molar-refractivity contribution in [3.63, 3.8) is 0 Å². The van der Waals surface area contributed by atoms with Gasteiger partial charge in [-0.25, -0.2) is 0 Å². The quantitative estimate of drug-likeness (QED) is 0.815. The normalized spacial score (nSPS) is 25.9. The van der Waals surface area contributed by atoms with Crippen molar-refractivity contribution in [1.29, 1.82) is 0 Å². The van der Waals surface area contributed by atoms with Crippen molar-refractivity contribution in [2.45, 2.75) is 45.2 Å². The second-order valence-corrected chi connectivity index (χ2v) is 5.08. The summed E-state index contributed by atoms with van der Waals surface area (Å²) in [6, 6.07) is 3.45. The van der Waals surface area contributed by atoms with Crippen molar-refractivity contribution in [1.82, 2.24) is 4.98 Å². The Morgan fingerprint density at radius 3 is 3.00 bits per heavy atom. The zero-order chi connectivity index (χ0) is 10.8. The molecular weight excluding hydrogens is 252 g/mol. The molecule has 0 spiro atoms. The number of rotatable bonds is 2. The average molecular weight is 269 g/mol. The predicted molar refractivity (Wildman–Crippen MR) is 67.2 cm³/mol. The molecule has 1 aromatic heterocycles. The lowest BCUT2D eigenvalue weighted by Gasteiger charge is -2.31. The first kappa shape index (κ1) is 10.9. The van der Waals surface area contributed by atoms with Crippen LogP contribution in [0.2, 0.25) is 0 Å². The highest BCUT2D eigenvalue weighted by Crippen LogP contribution is 2.35. The summed E-state index contributed by atoms with van der Waals surface area (Å²) < 4.78 is 1.11. The SMILES string of the molecule is CCC1CCC(C)N1c1ccncc1Br. The van der Waals surface area contributed by atoms with Crippen LogP contribution in [0.3, 0.4) is 0 Å². The van der Waals surface area contributed by atoms with Gasteiger partial charge >= 0.3 is 0 Å². The molecular formula is C12H17BrN2. The Morgan fingerprint density at radius 1 is 1.53 bits per heavy atom. The molecule has 2 rings (SSSR count). The first-order chi connectivity index (χ1) is 7.24. The van der Waals surface area contributed by atoms with E-state index >= 15 is 0 Å². The van der Waals surface area contributed by atoms with Crippen LogP contribution in [0.1, 0.15) is 33.1 Å². The van der Waals surface area contributed by atoms with Crippen molar-refractivity contribution in [3.05, 3.63) is 22.9 Å². The molecule has 2 heterocycles. The number of hydrogen-bond donors (Lipinski definition) is 0. The van der Waals surface area contributed by atoms with E-state index in [9.17, 15) is 0 Å². The van der Waals surface area contributed by atoms with Gasteiger partial charge in [0, 0.05) is 24.5 Å². The Bertz CT molecular complexity index is 340. The van der Waals surface area contributed by atoms with Gasteiger partial charge in [0.25, 0.3) is 0 Å². The van der Waals surface area contributed by atoms with Crippen molar-refractivity contribution in [2.24, 2.45) is 0 Å². The van der Waals surface area contributed by atoms with Crippen molar-refractivity contribution in [3.8, 4) is 0 Å². The number of nitrogens with zero attached hydrogens (tertiary/aromatic N) is 2. The van der Waals surface area contributed by atoms with E-state index in [1.807, 2.05) is 12.4 Å². The maximum Gasteiger partial charge on any atom is 0.0592 e. The summed E-state index contributed by atoms with van der Waals surface area (Å²) in [5.74, 6) is 0. The van der Waals surface area contributed by atoms with Gasteiger partial charge in [0.15, 0.2) is 0 Å². The molecule has 2 unspecified atom stereocenters. The first-order valence-corrected chi connectivity index (χ1v) is 6.41. The summed E-state index contributed by atoms with van der Waals surface area (Å²) in [5.41, 5.74) is 1.29. The highest BCUT2D eigenvalue weighted by Gasteiger charge is 2.30. The predicted octanol–water partition coefficient (Wildman–Crippen LogP) is 3.61. The molecule has 1 fully saturated rings. The summed E-state index contributed by atoms with van der Waals surface area (Å²) in [7, 11) is 0. The van der Waals surface area contributed by atoms with E-state index in [-0.39, 0.29) is 0 Å². The number of pyridine rings is 1. The van der Waals surface area contributed by atoms with E-state index in [2.05, 4.69) is 45.7 Å². The third-order valence-corrected chi connectivity index (χ3v) is 3.90. The highest BCUT2D eigenvalue weighted by atomic mass is 79.9. The van der Waals surface area contributed by atoms with Gasteiger partial charge in [-0.1, -0.05) is 6.92 Å². The molecule has 0 aliphatic carbocycles. The van der Waals surface area contributed by atoms with Gasteiger partial charge in [-0.2, -0.15) is 0 Å². The van der Waals surface area contributed by atoms with Gasteiger partial charge < -0.3 is 4.90 Å². The molecule has 0 bridgehead atoms. The number of halogens is 1. The Morgan fingerprint density at radius 2 is 2.33 bits per heavy atom. The van der Waals surface area contributed by atoms with E-state index in [0.717, 1.165) is 4.47 Å². The second kappa shape index (κ2) is 4.52. The maximum atomic E-state index is 4.12. The lowest BCUT2D eigenvalue weighted by Crippen LogP contribution is -2.34. The van der Waals surface area contributed by atoms with Crippen molar-refractivity contribution < 1.29 is 0 Å². The Hall–Kier alpha value is -0.570. The van der Waals surface area contributed by atoms with Crippen LogP contribution < -0.4 is 4.90 Å². The molecule has 3 heteroatoms. The minimum atomic E-state index is 0.647. The largest absolute Gasteiger partial charge is 0.365 e. The summed E-state index contributed by atoms with van der Waals surface area (Å²) in [5, 5.41) is 0. The molecule has 2 nitrogen and oxygen atoms in total. The van der Waals surface area contributed by atoms with Gasteiger partial charge in [-0.15, -0.1) is 0 Å². The van der Waals surface area contributed by atoms with Gasteiger partial charge in [0.1, 0.15) is 0 Å². The molecule has 1 saturated heterocycles. The number of hydrogen-bond acceptors (Lipinski definition) is 2. The van der Waals surface area contributed by atoms with Crippen LogP contribution in [0.15, 0.2) is 22.9 Å². The molecule has 2 atom stereocenters. The molecule has 15 heavy (non-hydrogen) atoms. The summed E-state index contributed by atoms with van der Waals surface area (Å²) >= 11 is 3.59. The molecule has 1 aromatic rings. The summed E-state index contributed by atoms with van der Waals surface area (Å²) in [6.45, 7) is 4.58. The molecule has 0 saturated carbocycles. The lowest BCUT2D eigenvalue weighted by molar-refractivity contribution is 0.627. The fraction of sp³-hybridized carbons (Fsp3) is 0.583. The smallest absolute Gasteiger partial charge is 0.0592 e. The third kappa shape index (κ3) is 2.03. The van der Waals surface area contributed by atoms with Crippen LogP contribution in [0.25, 0.3) is 0 Å². The van der Waals surface area contributed by atoms with E-state index in [1.54, 1.807) is 0 Å². The van der Waals surface area contributed by atoms with Crippen LogP contribution in [0, 0.1) is 0 Å². The molecule has 0 aromatic carbocycles. The Labute approximate surface area is 99.8 Å². The third-order valence-electron chi connectivity index (χ3n) is 3.29. The molecule has 0 radical (unpaired) electrons. The van der Waals surface area contributed by atoms with Crippen LogP contribution in [-0.2, 0) is 0 Å². The molecule has 0 amide bonds. The minimum absolute atomic E-state index is 0.647. The van der Waals surface area contributed by atoms with Crippen molar-refractivity contribution >= 4 is 21.6 Å². The van der Waals surface area contributed by atoms with Gasteiger partial charge in [0.2, 0.25) is 0 Å². The van der Waals surface area contributed by atoms with E-state index in [4.69, 9.17) is 0 Å². The summed E-state index contributed by atoms with van der Waals surface area (Å²) in [4.78, 5) is 6.65. The molecule has 0 N–H and O–H groups in total. The zero-order valence-corrected chi connectivity index (χ0v) is 10.9. The minimum Gasteiger partial charge on any atom is -0.365 e. The van der Waals surface area contributed by atoms with E-state index in [1.165, 1.54) is 24.9 Å². The zero-order valence-electron chi connectivity index (χ0n) is 9.28. The van der Waals surface area contributed by atoms with Crippen LogP contribution >= 0.6 is 15.9 Å². The molecule has 1 aliphatic rings. The standard InChI is InChI=1S/C12H17BrN2/c1-3-10-5-4-9(2)15(10)12-6-7-14-8-11(12)13/h6-10H,3-5H2,1-2H3. The second-order valence-electron chi connectivity index (χ2n) is 4.22. The number of anilines is 1. The fourth-order valence-electron chi connectivity index (χ4n) is 2.48. The van der Waals surface area contributed by atoms with E-state index in [0.29, 0.717) is 12.1 Å².